The highest BCUT2D eigenvalue weighted by Gasteiger charge is 2.08. The highest BCUT2D eigenvalue weighted by molar-refractivity contribution is 5.38. The van der Waals surface area contributed by atoms with E-state index in [1.165, 1.54) is 72.3 Å². The fourth-order valence-electron chi connectivity index (χ4n) is 5.50. The lowest BCUT2D eigenvalue weighted by Crippen LogP contribution is -1.98. The Bertz CT molecular complexity index is 1440. The molecule has 5 aromatic rings. The first-order chi connectivity index (χ1) is 23.0. The predicted molar refractivity (Wildman–Crippen MR) is 224 cm³/mol. The summed E-state index contributed by atoms with van der Waals surface area (Å²) in [6.07, 6.45) is 0. The smallest absolute Gasteiger partial charge is 0.0216 e. The maximum atomic E-state index is 2.26. The molecular formula is C49H70. The van der Waals surface area contributed by atoms with Crippen LogP contribution in [0.25, 0.3) is 0 Å². The van der Waals surface area contributed by atoms with Crippen LogP contribution in [0.4, 0.5) is 0 Å². The molecule has 0 bridgehead atoms. The van der Waals surface area contributed by atoms with Crippen molar-refractivity contribution in [2.24, 2.45) is 0 Å². The van der Waals surface area contributed by atoms with Crippen molar-refractivity contribution >= 4 is 0 Å². The quantitative estimate of drug-likeness (QED) is 0.177. The van der Waals surface area contributed by atoms with Crippen LogP contribution in [0, 0.1) is 76.2 Å². The summed E-state index contributed by atoms with van der Waals surface area (Å²) in [7, 11) is 0. The van der Waals surface area contributed by atoms with Crippen LogP contribution in [-0.2, 0) is 0 Å². The van der Waals surface area contributed by atoms with Gasteiger partial charge in [0.1, 0.15) is 0 Å². The monoisotopic (exact) mass is 659 g/mol. The van der Waals surface area contributed by atoms with Gasteiger partial charge >= 0.3 is 0 Å². The minimum Gasteiger partial charge on any atom is -0.0683 e. The summed E-state index contributed by atoms with van der Waals surface area (Å²) in [5.41, 5.74) is 18.3. The minimum absolute atomic E-state index is 0.638. The number of rotatable bonds is 2. The third-order valence-corrected chi connectivity index (χ3v) is 8.69. The van der Waals surface area contributed by atoms with Crippen molar-refractivity contribution in [2.45, 2.75) is 130 Å². The zero-order chi connectivity index (χ0) is 37.7. The third-order valence-electron chi connectivity index (χ3n) is 8.69. The van der Waals surface area contributed by atoms with Crippen LogP contribution in [0.2, 0.25) is 0 Å². The molecule has 0 fully saturated rings. The summed E-state index contributed by atoms with van der Waals surface area (Å²) in [5, 5.41) is 0. The molecule has 0 aliphatic rings. The van der Waals surface area contributed by atoms with Crippen LogP contribution in [0.15, 0.2) is 103 Å². The maximum Gasteiger partial charge on any atom is -0.0216 e. The number of hydrogen-bond acceptors (Lipinski definition) is 0. The molecule has 0 N–H and O–H groups in total. The molecule has 0 saturated heterocycles. The van der Waals surface area contributed by atoms with E-state index in [0.29, 0.717) is 11.8 Å². The third kappa shape index (κ3) is 17.9. The molecule has 5 aromatic carbocycles. The molecule has 266 valence electrons. The van der Waals surface area contributed by atoms with Crippen molar-refractivity contribution < 1.29 is 0 Å². The molecule has 49 heavy (non-hydrogen) atoms. The molecule has 5 rings (SSSR count). The van der Waals surface area contributed by atoms with Gasteiger partial charge in [-0.15, -0.1) is 0 Å². The maximum absolute atomic E-state index is 2.26. The van der Waals surface area contributed by atoms with E-state index in [-0.39, 0.29) is 0 Å². The lowest BCUT2D eigenvalue weighted by molar-refractivity contribution is 0.817. The fraction of sp³-hybridized carbons (Fsp3) is 0.388. The minimum atomic E-state index is 0.638. The van der Waals surface area contributed by atoms with Crippen LogP contribution in [0.5, 0.6) is 0 Å². The Labute approximate surface area is 304 Å². The van der Waals surface area contributed by atoms with E-state index in [2.05, 4.69) is 171 Å². The second kappa shape index (κ2) is 24.3. The Morgan fingerprint density at radius 3 is 0.776 bits per heavy atom. The topological polar surface area (TPSA) is 0 Å². The Morgan fingerprint density at radius 1 is 0.306 bits per heavy atom. The van der Waals surface area contributed by atoms with Crippen molar-refractivity contribution in [3.8, 4) is 0 Å². The number of hydrogen-bond donors (Lipinski definition) is 0. The van der Waals surface area contributed by atoms with E-state index >= 15 is 0 Å². The zero-order valence-electron chi connectivity index (χ0n) is 34.5. The van der Waals surface area contributed by atoms with Gasteiger partial charge in [-0.2, -0.15) is 0 Å². The van der Waals surface area contributed by atoms with Crippen molar-refractivity contribution in [1.82, 2.24) is 0 Å². The molecule has 0 radical (unpaired) electrons. The van der Waals surface area contributed by atoms with Gasteiger partial charge in [-0.05, 0) is 138 Å². The zero-order valence-corrected chi connectivity index (χ0v) is 34.5. The lowest BCUT2D eigenvalue weighted by atomic mass is 9.90. The molecule has 0 aliphatic carbocycles. The lowest BCUT2D eigenvalue weighted by Gasteiger charge is -2.16. The van der Waals surface area contributed by atoms with E-state index in [1.807, 2.05) is 50.2 Å². The Kier molecular flexibility index (Phi) is 22.3. The van der Waals surface area contributed by atoms with Crippen LogP contribution >= 0.6 is 0 Å². The van der Waals surface area contributed by atoms with E-state index in [9.17, 15) is 0 Å². The molecule has 0 nitrogen and oxygen atoms in total. The van der Waals surface area contributed by atoms with Crippen molar-refractivity contribution in [1.29, 1.82) is 0 Å². The Morgan fingerprint density at radius 2 is 0.571 bits per heavy atom. The SMILES string of the molecule is CC.Cc1c(C(C)C)cccc1C(C)C.Cc1cc(C)c(C)c(C)c1.Cc1cc(C)c(C)c(C)c1.Cc1ccccc1.Cc1ccccc1. The Balaban J connectivity index is 0.000000590. The largest absolute Gasteiger partial charge is 0.0683 e. The van der Waals surface area contributed by atoms with Crippen LogP contribution in [0.3, 0.4) is 0 Å². The molecule has 0 spiro atoms. The van der Waals surface area contributed by atoms with Gasteiger partial charge in [0.15, 0.2) is 0 Å². The number of benzene rings is 5. The average Bonchev–Trinajstić information content (AvgIpc) is 3.05. The van der Waals surface area contributed by atoms with Gasteiger partial charge in [0.05, 0.1) is 0 Å². The summed E-state index contributed by atoms with van der Waals surface area (Å²) in [5.74, 6) is 1.28. The van der Waals surface area contributed by atoms with Gasteiger partial charge in [-0.25, -0.2) is 0 Å². The summed E-state index contributed by atoms with van der Waals surface area (Å²) >= 11 is 0. The van der Waals surface area contributed by atoms with Crippen molar-refractivity contribution in [2.75, 3.05) is 0 Å². The van der Waals surface area contributed by atoms with Gasteiger partial charge in [0.2, 0.25) is 0 Å². The van der Waals surface area contributed by atoms with E-state index in [1.54, 1.807) is 0 Å². The first-order valence-corrected chi connectivity index (χ1v) is 18.3. The highest BCUT2D eigenvalue weighted by Crippen LogP contribution is 2.26. The first-order valence-electron chi connectivity index (χ1n) is 18.3. The standard InChI is InChI=1S/C13H20.2C10H14.2C7H8.C2H6/c1-9(2)12-7-6-8-13(10(3)4)11(12)5;2*1-7-5-8(2)10(4)9(3)6-7;2*1-7-5-3-2-4-6-7;1-2/h6-10H,1-5H3;2*5-6H,1-4H3;2*2-6H,1H3;1-2H3. The van der Waals surface area contributed by atoms with Crippen LogP contribution in [-0.4, -0.2) is 0 Å². The van der Waals surface area contributed by atoms with Gasteiger partial charge < -0.3 is 0 Å². The second-order valence-corrected chi connectivity index (χ2v) is 13.7. The fourth-order valence-corrected chi connectivity index (χ4v) is 5.50. The van der Waals surface area contributed by atoms with Crippen molar-refractivity contribution in [3.05, 3.63) is 175 Å². The summed E-state index contributed by atoms with van der Waals surface area (Å²) in [6.45, 7) is 36.7. The molecule has 0 aromatic heterocycles. The van der Waals surface area contributed by atoms with Gasteiger partial charge in [-0.1, -0.05) is 167 Å². The van der Waals surface area contributed by atoms with Crippen LogP contribution in [0.1, 0.15) is 126 Å². The summed E-state index contributed by atoms with van der Waals surface area (Å²) < 4.78 is 0. The average molecular weight is 659 g/mol. The highest BCUT2D eigenvalue weighted by atomic mass is 14.1. The van der Waals surface area contributed by atoms with Gasteiger partial charge in [0.25, 0.3) is 0 Å². The second-order valence-electron chi connectivity index (χ2n) is 13.7. The normalized spacial score (nSPS) is 9.69. The molecule has 0 atom stereocenters. The molecule has 0 amide bonds. The molecule has 0 heterocycles. The molecular weight excluding hydrogens is 589 g/mol. The predicted octanol–water partition coefficient (Wildman–Crippen LogP) is 15.1. The van der Waals surface area contributed by atoms with E-state index < -0.39 is 0 Å². The van der Waals surface area contributed by atoms with Crippen LogP contribution < -0.4 is 0 Å². The van der Waals surface area contributed by atoms with Gasteiger partial charge in [-0.3, -0.25) is 0 Å². The summed E-state index contributed by atoms with van der Waals surface area (Å²) in [6, 6.07) is 36.1. The molecule has 0 saturated carbocycles. The summed E-state index contributed by atoms with van der Waals surface area (Å²) in [4.78, 5) is 0. The number of aryl methyl sites for hydroxylation is 8. The molecule has 0 aliphatic heterocycles. The van der Waals surface area contributed by atoms with Gasteiger partial charge in [0, 0.05) is 0 Å². The Hall–Kier alpha value is -3.90. The first kappa shape index (κ1) is 45.1. The van der Waals surface area contributed by atoms with E-state index in [4.69, 9.17) is 0 Å². The molecule has 0 heteroatoms. The molecule has 0 unspecified atom stereocenters. The van der Waals surface area contributed by atoms with E-state index in [0.717, 1.165) is 0 Å². The van der Waals surface area contributed by atoms with Crippen molar-refractivity contribution in [3.63, 3.8) is 0 Å².